The van der Waals surface area contributed by atoms with E-state index in [0.717, 1.165) is 42.7 Å². The molecule has 3 heterocycles. The van der Waals surface area contributed by atoms with Gasteiger partial charge in [-0.25, -0.2) is 9.18 Å². The van der Waals surface area contributed by atoms with Crippen LogP contribution in [0.5, 0.6) is 0 Å². The maximum Gasteiger partial charge on any atom is 0.337 e. The van der Waals surface area contributed by atoms with E-state index in [0.29, 0.717) is 23.4 Å². The van der Waals surface area contributed by atoms with Gasteiger partial charge in [-0.1, -0.05) is 33.8 Å². The molecule has 1 saturated heterocycles. The van der Waals surface area contributed by atoms with Crippen molar-refractivity contribution in [2.75, 3.05) is 18.0 Å². The number of pyridine rings is 2. The van der Waals surface area contributed by atoms with Crippen molar-refractivity contribution < 1.29 is 19.0 Å². The van der Waals surface area contributed by atoms with Gasteiger partial charge < -0.3 is 14.7 Å². The van der Waals surface area contributed by atoms with Gasteiger partial charge in [0.05, 0.1) is 17.0 Å². The Labute approximate surface area is 215 Å². The molecule has 0 radical (unpaired) electrons. The monoisotopic (exact) mass is 499 g/mol. The van der Waals surface area contributed by atoms with Gasteiger partial charge in [-0.15, -0.1) is 0 Å². The minimum atomic E-state index is -1.17. The second-order valence-electron chi connectivity index (χ2n) is 12.2. The lowest BCUT2D eigenvalue weighted by molar-refractivity contribution is -0.160. The number of alkyl halides is 1. The normalized spacial score (nSPS) is 17.8. The Bertz CT molecular complexity index is 1050. The van der Waals surface area contributed by atoms with E-state index in [9.17, 15) is 14.3 Å². The van der Waals surface area contributed by atoms with Crippen LogP contribution in [0.3, 0.4) is 0 Å². The van der Waals surface area contributed by atoms with Crippen molar-refractivity contribution >= 4 is 11.7 Å². The molecule has 0 saturated carbocycles. The first-order valence-corrected chi connectivity index (χ1v) is 12.9. The maximum atomic E-state index is 14.7. The van der Waals surface area contributed by atoms with Crippen LogP contribution in [-0.2, 0) is 9.53 Å². The lowest BCUT2D eigenvalue weighted by Crippen LogP contribution is -2.39. The summed E-state index contributed by atoms with van der Waals surface area (Å²) < 4.78 is 20.8. The number of rotatable bonds is 8. The summed E-state index contributed by atoms with van der Waals surface area (Å²) >= 11 is 0. The van der Waals surface area contributed by atoms with Crippen LogP contribution >= 0.6 is 0 Å². The van der Waals surface area contributed by atoms with Crippen LogP contribution in [0.15, 0.2) is 24.5 Å². The number of piperidine rings is 1. The molecule has 2 aromatic heterocycles. The number of aryl methyl sites for hydroxylation is 1. The molecule has 0 spiro atoms. The van der Waals surface area contributed by atoms with E-state index >= 15 is 0 Å². The van der Waals surface area contributed by atoms with Crippen molar-refractivity contribution in [3.05, 3.63) is 41.5 Å². The summed E-state index contributed by atoms with van der Waals surface area (Å²) in [6.07, 6.45) is 3.56. The van der Waals surface area contributed by atoms with E-state index in [1.807, 2.05) is 47.6 Å². The molecular weight excluding hydrogens is 457 g/mol. The predicted molar refractivity (Wildman–Crippen MR) is 142 cm³/mol. The number of ether oxygens (including phenoxy) is 1. The zero-order valence-corrected chi connectivity index (χ0v) is 23.1. The van der Waals surface area contributed by atoms with E-state index in [-0.39, 0.29) is 11.3 Å². The molecule has 1 aliphatic heterocycles. The van der Waals surface area contributed by atoms with Crippen LogP contribution in [-0.4, -0.2) is 39.7 Å². The van der Waals surface area contributed by atoms with Gasteiger partial charge in [-0.2, -0.15) is 0 Å². The van der Waals surface area contributed by atoms with Gasteiger partial charge >= 0.3 is 5.97 Å². The average Bonchev–Trinajstić information content (AvgIpc) is 2.76. The quantitative estimate of drug-likeness (QED) is 0.418. The number of carbonyl (C=O) groups is 1. The molecule has 2 atom stereocenters. The average molecular weight is 500 g/mol. The summed E-state index contributed by atoms with van der Waals surface area (Å²) in [7, 11) is 0. The van der Waals surface area contributed by atoms with Crippen molar-refractivity contribution in [2.45, 2.75) is 92.5 Å². The first-order chi connectivity index (χ1) is 16.7. The first kappa shape index (κ1) is 28.0. The molecule has 0 aliphatic carbocycles. The minimum absolute atomic E-state index is 0.225. The van der Waals surface area contributed by atoms with E-state index in [2.05, 4.69) is 28.7 Å². The third-order valence-corrected chi connectivity index (χ3v) is 6.78. The number of nitrogens with zero attached hydrogens (tertiary/aromatic N) is 3. The molecule has 2 aromatic rings. The van der Waals surface area contributed by atoms with Gasteiger partial charge in [0.15, 0.2) is 6.10 Å². The fourth-order valence-corrected chi connectivity index (χ4v) is 4.68. The van der Waals surface area contributed by atoms with Crippen LogP contribution in [0.2, 0.25) is 0 Å². The highest BCUT2D eigenvalue weighted by molar-refractivity contribution is 5.86. The topological polar surface area (TPSA) is 75.5 Å². The van der Waals surface area contributed by atoms with Gasteiger partial charge in [-0.05, 0) is 64.4 Å². The summed E-state index contributed by atoms with van der Waals surface area (Å²) in [5.41, 5.74) is 3.56. The molecule has 3 rings (SSSR count). The maximum absolute atomic E-state index is 14.7. The predicted octanol–water partition coefficient (Wildman–Crippen LogP) is 7.08. The van der Waals surface area contributed by atoms with Crippen LogP contribution < -0.4 is 4.90 Å². The number of anilines is 1. The van der Waals surface area contributed by atoms with Crippen LogP contribution in [0, 0.1) is 18.3 Å². The Morgan fingerprint density at radius 3 is 2.31 bits per heavy atom. The molecule has 7 heteroatoms. The number of hydrogen-bond donors (Lipinski definition) is 1. The lowest BCUT2D eigenvalue weighted by Gasteiger charge is -2.40. The minimum Gasteiger partial charge on any atom is -0.479 e. The van der Waals surface area contributed by atoms with Gasteiger partial charge in [0.2, 0.25) is 0 Å². The molecule has 0 bridgehead atoms. The summed E-state index contributed by atoms with van der Waals surface area (Å²) in [4.78, 5) is 23.8. The van der Waals surface area contributed by atoms with Gasteiger partial charge in [0, 0.05) is 47.9 Å². The van der Waals surface area contributed by atoms with Crippen molar-refractivity contribution in [1.82, 2.24) is 9.97 Å². The van der Waals surface area contributed by atoms with Crippen molar-refractivity contribution in [2.24, 2.45) is 11.3 Å². The van der Waals surface area contributed by atoms with Gasteiger partial charge in [0.25, 0.3) is 0 Å². The highest BCUT2D eigenvalue weighted by Crippen LogP contribution is 2.43. The SMILES string of the molecule is Cc1ncc(-c2ccc(C(F)CC(C)C)nc2)c(N2CCC(C)(C)CC2)c1[C@H](OC(C)(C)C)C(=O)O. The third-order valence-electron chi connectivity index (χ3n) is 6.78. The molecule has 1 fully saturated rings. The van der Waals surface area contributed by atoms with Crippen molar-refractivity contribution in [1.29, 1.82) is 0 Å². The highest BCUT2D eigenvalue weighted by Gasteiger charge is 2.35. The first-order valence-electron chi connectivity index (χ1n) is 12.9. The fraction of sp³-hybridized carbons (Fsp3) is 0.621. The molecular formula is C29H42FN3O3. The molecule has 36 heavy (non-hydrogen) atoms. The summed E-state index contributed by atoms with van der Waals surface area (Å²) in [6, 6.07) is 3.59. The fourth-order valence-electron chi connectivity index (χ4n) is 4.68. The summed E-state index contributed by atoms with van der Waals surface area (Å²) in [6.45, 7) is 17.5. The Morgan fingerprint density at radius 2 is 1.81 bits per heavy atom. The van der Waals surface area contributed by atoms with Crippen LogP contribution in [0.1, 0.15) is 97.0 Å². The van der Waals surface area contributed by atoms with E-state index < -0.39 is 23.8 Å². The van der Waals surface area contributed by atoms with Crippen LogP contribution in [0.4, 0.5) is 10.1 Å². The summed E-state index contributed by atoms with van der Waals surface area (Å²) in [5, 5.41) is 10.2. The zero-order chi connectivity index (χ0) is 26.8. The third kappa shape index (κ3) is 6.81. The molecule has 1 aliphatic rings. The van der Waals surface area contributed by atoms with Gasteiger partial charge in [-0.3, -0.25) is 9.97 Å². The highest BCUT2D eigenvalue weighted by atomic mass is 19.1. The molecule has 0 aromatic carbocycles. The molecule has 6 nitrogen and oxygen atoms in total. The molecule has 1 N–H and O–H groups in total. The lowest BCUT2D eigenvalue weighted by atomic mass is 9.82. The smallest absolute Gasteiger partial charge is 0.337 e. The standard InChI is InChI=1S/C29H42FN3O3/c1-18(2)15-22(30)23-10-9-20(16-32-23)21-17-31-19(3)24(26(27(34)35)36-28(4,5)6)25(21)33-13-11-29(7,8)12-14-33/h9-10,16-18,22,26H,11-15H2,1-8H3,(H,34,35)/t22?,26-/m0/s1. The summed E-state index contributed by atoms with van der Waals surface area (Å²) in [5.74, 6) is -0.816. The number of hydrogen-bond acceptors (Lipinski definition) is 5. The number of halogens is 1. The number of aromatic nitrogens is 2. The number of carboxylic acid groups (broad SMARTS) is 1. The van der Waals surface area contributed by atoms with E-state index in [1.165, 1.54) is 0 Å². The Hall–Kier alpha value is -2.54. The van der Waals surface area contributed by atoms with Gasteiger partial charge in [0.1, 0.15) is 6.17 Å². The van der Waals surface area contributed by atoms with E-state index in [1.54, 1.807) is 18.5 Å². The molecule has 1 unspecified atom stereocenters. The Kier molecular flexibility index (Phi) is 8.44. The molecule has 0 amide bonds. The van der Waals surface area contributed by atoms with Crippen LogP contribution in [0.25, 0.3) is 11.1 Å². The Morgan fingerprint density at radius 1 is 1.17 bits per heavy atom. The second kappa shape index (κ2) is 10.8. The molecule has 198 valence electrons. The van der Waals surface area contributed by atoms with E-state index in [4.69, 9.17) is 4.74 Å². The Balaban J connectivity index is 2.15. The van der Waals surface area contributed by atoms with Crippen molar-refractivity contribution in [3.63, 3.8) is 0 Å². The number of carboxylic acids is 1. The second-order valence-corrected chi connectivity index (χ2v) is 12.2. The zero-order valence-electron chi connectivity index (χ0n) is 23.1. The largest absolute Gasteiger partial charge is 0.479 e. The number of aliphatic carboxylic acids is 1. The van der Waals surface area contributed by atoms with Crippen molar-refractivity contribution in [3.8, 4) is 11.1 Å².